The van der Waals surface area contributed by atoms with Crippen molar-refractivity contribution < 1.29 is 13.2 Å². The number of carbonyl (C=O) groups is 1. The zero-order chi connectivity index (χ0) is 18.0. The van der Waals surface area contributed by atoms with Crippen LogP contribution in [0.2, 0.25) is 10.2 Å². The van der Waals surface area contributed by atoms with E-state index in [9.17, 15) is 13.2 Å². The van der Waals surface area contributed by atoms with Gasteiger partial charge in [-0.3, -0.25) is 5.32 Å². The molecule has 2 N–H and O–H groups in total. The summed E-state index contributed by atoms with van der Waals surface area (Å²) in [4.78, 5) is 23.6. The first-order valence-electron chi connectivity index (χ1n) is 6.73. The monoisotopic (exact) mass is 397 g/mol. The molecule has 0 spiro atoms. The van der Waals surface area contributed by atoms with E-state index in [0.717, 1.165) is 0 Å². The molecule has 0 radical (unpaired) electrons. The van der Waals surface area contributed by atoms with Gasteiger partial charge in [0, 0.05) is 6.20 Å². The average molecular weight is 398 g/mol. The van der Waals surface area contributed by atoms with Gasteiger partial charge in [-0.15, -0.1) is 0 Å². The molecule has 1 aromatic carbocycles. The maximum Gasteiger partial charge on any atom is 0.335 e. The second-order valence-corrected chi connectivity index (χ2v) is 7.12. The van der Waals surface area contributed by atoms with E-state index in [2.05, 4.69) is 20.3 Å². The topological polar surface area (TPSA) is 114 Å². The molecule has 0 saturated carbocycles. The fourth-order valence-corrected chi connectivity index (χ4v) is 3.60. The van der Waals surface area contributed by atoms with E-state index >= 15 is 0 Å². The summed E-state index contributed by atoms with van der Waals surface area (Å²) in [5, 5.41) is 2.76. The summed E-state index contributed by atoms with van der Waals surface area (Å²) in [6, 6.07) is 7.97. The summed E-state index contributed by atoms with van der Waals surface area (Å²) in [6.07, 6.45) is 1.50. The zero-order valence-electron chi connectivity index (χ0n) is 12.3. The van der Waals surface area contributed by atoms with E-state index in [-0.39, 0.29) is 26.7 Å². The molecule has 3 aromatic rings. The van der Waals surface area contributed by atoms with Crippen LogP contribution in [-0.2, 0) is 10.0 Å². The van der Waals surface area contributed by atoms with Gasteiger partial charge < -0.3 is 0 Å². The summed E-state index contributed by atoms with van der Waals surface area (Å²) in [5.74, 6) is -0.192. The van der Waals surface area contributed by atoms with Crippen molar-refractivity contribution in [1.82, 2.24) is 19.7 Å². The fraction of sp³-hybridized carbons (Fsp3) is 0. The number of amides is 2. The van der Waals surface area contributed by atoms with Crippen molar-refractivity contribution in [3.63, 3.8) is 0 Å². The van der Waals surface area contributed by atoms with E-state index in [1.807, 2.05) is 4.72 Å². The lowest BCUT2D eigenvalue weighted by Crippen LogP contribution is -2.35. The Balaban J connectivity index is 1.82. The van der Waals surface area contributed by atoms with Crippen LogP contribution in [0, 0.1) is 0 Å². The Labute approximate surface area is 152 Å². The maximum absolute atomic E-state index is 12.2. The Kier molecular flexibility index (Phi) is 4.71. The van der Waals surface area contributed by atoms with Gasteiger partial charge in [-0.25, -0.2) is 22.9 Å². The van der Waals surface area contributed by atoms with Crippen LogP contribution in [-0.4, -0.2) is 29.4 Å². The molecule has 0 aliphatic rings. The van der Waals surface area contributed by atoms with Gasteiger partial charge in [0.25, 0.3) is 10.0 Å². The van der Waals surface area contributed by atoms with Gasteiger partial charge in [0.15, 0.2) is 5.65 Å². The number of hydrogen-bond acceptors (Lipinski definition) is 6. The minimum atomic E-state index is -4.16. The van der Waals surface area contributed by atoms with Crippen molar-refractivity contribution in [3.05, 3.63) is 52.8 Å². The molecular weight excluding hydrogens is 389 g/mol. The molecule has 8 nitrogen and oxygen atoms in total. The molecular formula is C14H9Cl2N5O3S. The first-order chi connectivity index (χ1) is 11.9. The number of carbonyl (C=O) groups excluding carboxylic acids is 1. The number of urea groups is 1. The highest BCUT2D eigenvalue weighted by Gasteiger charge is 2.21. The lowest BCUT2D eigenvalue weighted by molar-refractivity contribution is 0.256. The number of fused-ring (bicyclic) bond motifs is 1. The molecule has 0 aliphatic carbocycles. The van der Waals surface area contributed by atoms with Crippen molar-refractivity contribution in [2.45, 2.75) is 4.90 Å². The molecule has 0 bridgehead atoms. The van der Waals surface area contributed by atoms with Gasteiger partial charge in [-0.1, -0.05) is 35.3 Å². The quantitative estimate of drug-likeness (QED) is 0.656. The Hall–Kier alpha value is -2.49. The Morgan fingerprint density at radius 2 is 1.80 bits per heavy atom. The van der Waals surface area contributed by atoms with Crippen LogP contribution in [0.1, 0.15) is 0 Å². The predicted molar refractivity (Wildman–Crippen MR) is 93.1 cm³/mol. The summed E-state index contributed by atoms with van der Waals surface area (Å²) in [6.45, 7) is 0. The summed E-state index contributed by atoms with van der Waals surface area (Å²) in [7, 11) is -4.16. The van der Waals surface area contributed by atoms with Crippen LogP contribution in [0.3, 0.4) is 0 Å². The maximum atomic E-state index is 12.2. The van der Waals surface area contributed by atoms with E-state index in [4.69, 9.17) is 23.2 Å². The highest BCUT2D eigenvalue weighted by Crippen LogP contribution is 2.21. The number of nitrogens with zero attached hydrogens (tertiary/aromatic N) is 3. The largest absolute Gasteiger partial charge is 0.335 e. The smallest absolute Gasteiger partial charge is 0.275 e. The molecule has 0 aliphatic heterocycles. The number of sulfonamides is 1. The van der Waals surface area contributed by atoms with Gasteiger partial charge in [0.1, 0.15) is 10.0 Å². The van der Waals surface area contributed by atoms with E-state index in [1.54, 1.807) is 18.2 Å². The standard InChI is InChI=1S/C14H9Cl2N5O3S/c15-9-5-1-2-6-10(9)25(23,24)21-14(22)20-13-18-11(16)8-4-3-7-17-12(8)19-13/h1-7H,(H2,17,18,19,20,21,22). The molecule has 2 heterocycles. The van der Waals surface area contributed by atoms with E-state index in [0.29, 0.717) is 5.39 Å². The van der Waals surface area contributed by atoms with Crippen LogP contribution in [0.15, 0.2) is 47.5 Å². The zero-order valence-corrected chi connectivity index (χ0v) is 14.6. The summed E-state index contributed by atoms with van der Waals surface area (Å²) >= 11 is 11.8. The molecule has 25 heavy (non-hydrogen) atoms. The Morgan fingerprint density at radius 1 is 1.04 bits per heavy atom. The number of hydrogen-bond donors (Lipinski definition) is 2. The Morgan fingerprint density at radius 3 is 2.56 bits per heavy atom. The number of anilines is 1. The molecule has 2 amide bonds. The molecule has 2 aromatic heterocycles. The molecule has 0 saturated heterocycles. The number of pyridine rings is 1. The highest BCUT2D eigenvalue weighted by atomic mass is 35.5. The van der Waals surface area contributed by atoms with Crippen LogP contribution in [0.4, 0.5) is 10.7 Å². The lowest BCUT2D eigenvalue weighted by Gasteiger charge is -2.09. The van der Waals surface area contributed by atoms with Gasteiger partial charge in [-0.2, -0.15) is 9.97 Å². The second kappa shape index (κ2) is 6.79. The van der Waals surface area contributed by atoms with Crippen LogP contribution >= 0.6 is 23.2 Å². The van der Waals surface area contributed by atoms with E-state index < -0.39 is 16.1 Å². The first kappa shape index (κ1) is 17.3. The predicted octanol–water partition coefficient (Wildman–Crippen LogP) is 2.84. The third-order valence-electron chi connectivity index (χ3n) is 3.00. The van der Waals surface area contributed by atoms with Crippen molar-refractivity contribution in [2.24, 2.45) is 0 Å². The number of rotatable bonds is 3. The molecule has 0 unspecified atom stereocenters. The average Bonchev–Trinajstić information content (AvgIpc) is 2.54. The van der Waals surface area contributed by atoms with Crippen molar-refractivity contribution in [3.8, 4) is 0 Å². The molecule has 0 atom stereocenters. The Bertz CT molecular complexity index is 1080. The van der Waals surface area contributed by atoms with Crippen molar-refractivity contribution in [1.29, 1.82) is 0 Å². The van der Waals surface area contributed by atoms with Gasteiger partial charge in [-0.05, 0) is 24.3 Å². The lowest BCUT2D eigenvalue weighted by atomic mass is 10.3. The van der Waals surface area contributed by atoms with Crippen molar-refractivity contribution >= 4 is 56.2 Å². The van der Waals surface area contributed by atoms with Crippen LogP contribution in [0.25, 0.3) is 11.0 Å². The fourth-order valence-electron chi connectivity index (χ4n) is 1.95. The summed E-state index contributed by atoms with van der Waals surface area (Å²) in [5.41, 5.74) is 0.256. The number of halogens is 2. The van der Waals surface area contributed by atoms with Crippen molar-refractivity contribution in [2.75, 3.05) is 5.32 Å². The normalized spacial score (nSPS) is 11.3. The number of nitrogens with one attached hydrogen (secondary N) is 2. The SMILES string of the molecule is O=C(Nc1nc(Cl)c2cccnc2n1)NS(=O)(=O)c1ccccc1Cl. The van der Waals surface area contributed by atoms with Gasteiger partial charge in [0.05, 0.1) is 10.4 Å². The van der Waals surface area contributed by atoms with Gasteiger partial charge in [0.2, 0.25) is 5.95 Å². The highest BCUT2D eigenvalue weighted by molar-refractivity contribution is 7.90. The van der Waals surface area contributed by atoms with E-state index in [1.165, 1.54) is 24.4 Å². The molecule has 11 heteroatoms. The van der Waals surface area contributed by atoms with Crippen LogP contribution < -0.4 is 10.0 Å². The molecule has 3 rings (SSSR count). The molecule has 128 valence electrons. The third-order valence-corrected chi connectivity index (χ3v) is 5.12. The third kappa shape index (κ3) is 3.78. The van der Waals surface area contributed by atoms with Gasteiger partial charge >= 0.3 is 6.03 Å². The first-order valence-corrected chi connectivity index (χ1v) is 8.97. The second-order valence-electron chi connectivity index (χ2n) is 4.70. The summed E-state index contributed by atoms with van der Waals surface area (Å²) < 4.78 is 26.2. The number of aromatic nitrogens is 3. The molecule has 0 fully saturated rings. The number of benzene rings is 1. The van der Waals surface area contributed by atoms with Crippen LogP contribution in [0.5, 0.6) is 0 Å². The minimum Gasteiger partial charge on any atom is -0.275 e. The minimum absolute atomic E-state index is 0.0167.